The van der Waals surface area contributed by atoms with Crippen LogP contribution in [0.2, 0.25) is 0 Å². The van der Waals surface area contributed by atoms with E-state index in [9.17, 15) is 16.2 Å². The highest BCUT2D eigenvalue weighted by Crippen LogP contribution is 2.59. The average molecular weight is 854 g/mol. The van der Waals surface area contributed by atoms with Gasteiger partial charge in [0.2, 0.25) is 5.04 Å². The van der Waals surface area contributed by atoms with Crippen LogP contribution in [0.3, 0.4) is 0 Å². The van der Waals surface area contributed by atoms with Crippen molar-refractivity contribution in [1.29, 1.82) is 16.2 Å². The molecule has 4 aromatic carbocycles. The van der Waals surface area contributed by atoms with Crippen LogP contribution in [0, 0.1) is 27.1 Å². The van der Waals surface area contributed by atoms with Crippen LogP contribution in [0.1, 0.15) is 84.6 Å². The molecule has 1 heterocycles. The Morgan fingerprint density at radius 1 is 0.770 bits per heavy atom. The van der Waals surface area contributed by atoms with Gasteiger partial charge in [0.05, 0.1) is 10.5 Å². The third-order valence-corrected chi connectivity index (χ3v) is 15.6. The van der Waals surface area contributed by atoms with Crippen LogP contribution in [0.15, 0.2) is 163 Å². The number of hydrogen-bond donors (Lipinski definition) is 4. The fourth-order valence-corrected chi connectivity index (χ4v) is 12.3. The lowest BCUT2D eigenvalue weighted by atomic mass is 9.55. The lowest BCUT2D eigenvalue weighted by Gasteiger charge is -2.50. The van der Waals surface area contributed by atoms with Crippen molar-refractivity contribution in [3.8, 4) is 11.1 Å². The van der Waals surface area contributed by atoms with E-state index in [4.69, 9.17) is 15.6 Å². The van der Waals surface area contributed by atoms with Gasteiger partial charge in [0.15, 0.2) is 0 Å². The maximum Gasteiger partial charge on any atom is 0.219 e. The molecule has 0 spiro atoms. The highest BCUT2D eigenvalue weighted by atomic mass is 32.2. The number of nitrogens with two attached hydrogens (primary N) is 1. The Bertz CT molecular complexity index is 2730. The summed E-state index contributed by atoms with van der Waals surface area (Å²) in [6, 6.07) is 36.8. The van der Waals surface area contributed by atoms with Crippen molar-refractivity contribution < 1.29 is 5.41 Å². The lowest BCUT2D eigenvalue weighted by Crippen LogP contribution is -2.56. The molecule has 61 heavy (non-hydrogen) atoms. The molecular formula is C52H49N6S3+. The van der Waals surface area contributed by atoms with Gasteiger partial charge in [-0.1, -0.05) is 164 Å². The summed E-state index contributed by atoms with van der Waals surface area (Å²) in [6.07, 6.45) is 15.5. The van der Waals surface area contributed by atoms with E-state index in [-0.39, 0.29) is 5.92 Å². The topological polar surface area (TPSA) is 123 Å². The largest absolute Gasteiger partial charge is 0.297 e. The fraction of sp³-hybridized carbons (Fsp3) is 0.231. The number of aromatic nitrogens is 2. The zero-order valence-electron chi connectivity index (χ0n) is 34.7. The molecule has 0 radical (unpaired) electrons. The standard InChI is InChI=1S/C52H48N6S3/c1-50(47(55)59-44(53)41-28-14-13-25-38(41)31-35-19-7-4-8-20-35)32-51(2,48(56)60-45(54)42-29-17-15-26-39(42)36-21-9-5-10-22-36)34-52(3,33-50)49-58-57-46(61-49)43-30-18-16-27-40(43)37-23-11-6-12-24-37/h4-7,9-18,20-26,28-30,40,53-56H,27,31-34H2,1-3H3/p+1. The van der Waals surface area contributed by atoms with E-state index in [1.807, 2.05) is 72.8 Å². The van der Waals surface area contributed by atoms with Crippen LogP contribution < -0.4 is 5.41 Å². The number of thioether (sulfide) groups is 2. The van der Waals surface area contributed by atoms with Crippen molar-refractivity contribution in [1.82, 2.24) is 10.2 Å². The summed E-state index contributed by atoms with van der Waals surface area (Å²) >= 11 is 4.19. The highest BCUT2D eigenvalue weighted by molar-refractivity contribution is 8.27. The van der Waals surface area contributed by atoms with E-state index >= 15 is 0 Å². The maximum absolute atomic E-state index is 9.86. The third kappa shape index (κ3) is 9.04. The molecule has 9 heteroatoms. The average Bonchev–Trinajstić information content (AvgIpc) is 3.79. The molecule has 1 aromatic heterocycles. The molecular weight excluding hydrogens is 805 g/mol. The number of nitrogens with zero attached hydrogens (tertiary/aromatic N) is 2. The summed E-state index contributed by atoms with van der Waals surface area (Å²) in [4.78, 5) is 0. The molecule has 3 aliphatic carbocycles. The molecule has 5 aromatic rings. The molecule has 4 unspecified atom stereocenters. The molecule has 5 N–H and O–H groups in total. The molecule has 3 aliphatic rings. The molecule has 1 saturated carbocycles. The predicted molar refractivity (Wildman–Crippen MR) is 258 cm³/mol. The molecule has 8 rings (SSSR count). The van der Waals surface area contributed by atoms with Gasteiger partial charge < -0.3 is 0 Å². The molecule has 304 valence electrons. The summed E-state index contributed by atoms with van der Waals surface area (Å²) in [7, 11) is 0. The Morgan fingerprint density at radius 2 is 1.44 bits per heavy atom. The number of rotatable bonds is 10. The van der Waals surface area contributed by atoms with Crippen LogP contribution in [0.25, 0.3) is 16.7 Å². The number of nitrogens with one attached hydrogen (secondary N) is 3. The van der Waals surface area contributed by atoms with Gasteiger partial charge in [-0.2, -0.15) is 0 Å². The zero-order chi connectivity index (χ0) is 42.6. The molecule has 0 saturated heterocycles. The van der Waals surface area contributed by atoms with E-state index in [0.717, 1.165) is 55.4 Å². The molecule has 1 fully saturated rings. The number of allylic oxidation sites excluding steroid dienone is 6. The Hall–Kier alpha value is -5.66. The van der Waals surface area contributed by atoms with Crippen molar-refractivity contribution in [2.45, 2.75) is 64.2 Å². The quantitative estimate of drug-likeness (QED) is 0.0635. The Labute approximate surface area is 371 Å². The maximum atomic E-state index is 9.86. The highest BCUT2D eigenvalue weighted by Gasteiger charge is 2.56. The Morgan fingerprint density at radius 3 is 2.20 bits per heavy atom. The van der Waals surface area contributed by atoms with Crippen LogP contribution >= 0.6 is 34.9 Å². The molecule has 0 amide bonds. The van der Waals surface area contributed by atoms with Crippen molar-refractivity contribution in [2.24, 2.45) is 10.8 Å². The third-order valence-electron chi connectivity index (χ3n) is 12.1. The van der Waals surface area contributed by atoms with Crippen LogP contribution in [0.5, 0.6) is 0 Å². The second kappa shape index (κ2) is 17.7. The number of hydrogen-bond acceptors (Lipinski definition) is 8. The second-order valence-electron chi connectivity index (χ2n) is 17.0. The first-order valence-corrected chi connectivity index (χ1v) is 23.0. The van der Waals surface area contributed by atoms with Gasteiger partial charge in [-0.3, -0.25) is 21.6 Å². The van der Waals surface area contributed by atoms with Crippen molar-refractivity contribution in [3.63, 3.8) is 0 Å². The van der Waals surface area contributed by atoms with E-state index < -0.39 is 16.2 Å². The van der Waals surface area contributed by atoms with Crippen molar-refractivity contribution in [3.05, 3.63) is 195 Å². The van der Waals surface area contributed by atoms with Gasteiger partial charge in [-0.15, -0.1) is 21.7 Å². The van der Waals surface area contributed by atoms with E-state index in [0.29, 0.717) is 45.9 Å². The summed E-state index contributed by atoms with van der Waals surface area (Å²) in [5, 5.41) is 49.4. The minimum absolute atomic E-state index is 0.184. The first kappa shape index (κ1) is 42.0. The Balaban J connectivity index is 1.12. The molecule has 4 atom stereocenters. The predicted octanol–water partition coefficient (Wildman–Crippen LogP) is 11.8. The summed E-state index contributed by atoms with van der Waals surface area (Å²) in [6.45, 7) is 6.59. The Kier molecular flexibility index (Phi) is 12.2. The summed E-state index contributed by atoms with van der Waals surface area (Å²) in [5.41, 5.74) is 12.7. The smallest absolute Gasteiger partial charge is 0.219 e. The molecule has 0 aliphatic heterocycles. The number of benzene rings is 4. The van der Waals surface area contributed by atoms with Crippen LogP contribution in [-0.4, -0.2) is 30.4 Å². The minimum atomic E-state index is -0.684. The van der Waals surface area contributed by atoms with E-state index in [1.54, 1.807) is 11.3 Å². The van der Waals surface area contributed by atoms with Gasteiger partial charge in [-0.05, 0) is 90.4 Å². The molecule has 6 nitrogen and oxygen atoms in total. The van der Waals surface area contributed by atoms with Gasteiger partial charge in [-0.25, -0.2) is 0 Å². The van der Waals surface area contributed by atoms with Crippen LogP contribution in [0.4, 0.5) is 0 Å². The van der Waals surface area contributed by atoms with Crippen molar-refractivity contribution >= 4 is 60.6 Å². The van der Waals surface area contributed by atoms with Gasteiger partial charge in [0.25, 0.3) is 0 Å². The fourth-order valence-electron chi connectivity index (χ4n) is 9.40. The minimum Gasteiger partial charge on any atom is -0.297 e. The van der Waals surface area contributed by atoms with E-state index in [1.165, 1.54) is 29.1 Å². The van der Waals surface area contributed by atoms with Gasteiger partial charge in [0, 0.05) is 39.9 Å². The first-order chi connectivity index (χ1) is 29.4. The molecule has 0 bridgehead atoms. The first-order valence-electron chi connectivity index (χ1n) is 20.6. The monoisotopic (exact) mass is 853 g/mol. The summed E-state index contributed by atoms with van der Waals surface area (Å²) in [5.74, 6) is 0.184. The summed E-state index contributed by atoms with van der Waals surface area (Å²) < 4.78 is 0. The van der Waals surface area contributed by atoms with Crippen molar-refractivity contribution in [2.75, 3.05) is 0 Å². The normalized spacial score (nSPS) is 23.0. The lowest BCUT2D eigenvalue weighted by molar-refractivity contribution is -0.123. The van der Waals surface area contributed by atoms with Gasteiger partial charge in [0.1, 0.15) is 20.1 Å². The van der Waals surface area contributed by atoms with E-state index in [2.05, 4.69) is 105 Å². The van der Waals surface area contributed by atoms with Crippen LogP contribution in [-0.2, 0) is 11.8 Å². The van der Waals surface area contributed by atoms with Gasteiger partial charge >= 0.3 is 0 Å². The SMILES string of the molecule is CC1(C(=N)SC(=N)c2ccccc2CC2=C=CC=C=C2)CC(C)(C(=[NH2+])SC(=N)c2ccccc2-c2ccccc2)CC(C)(c2nnc(C3=CC=CCC3c3ccccc3)s2)C1. The second-order valence-corrected chi connectivity index (χ2v) is 20.0. The zero-order valence-corrected chi connectivity index (χ0v) is 37.1.